The Kier molecular flexibility index (Phi) is 3.95. The molecule has 0 atom stereocenters. The second-order valence-corrected chi connectivity index (χ2v) is 7.15. The second-order valence-electron chi connectivity index (χ2n) is 7.15. The SMILES string of the molecule is Cc1ccc(O)c(C)c1-n1c2ncc(C3=CCOCC3)nc2c2c(N)ncnc21. The fourth-order valence-corrected chi connectivity index (χ4v) is 3.90. The second kappa shape index (κ2) is 6.52. The van der Waals surface area contributed by atoms with Crippen LogP contribution in [0.5, 0.6) is 5.75 Å². The lowest BCUT2D eigenvalue weighted by molar-refractivity contribution is 0.161. The first-order valence-corrected chi connectivity index (χ1v) is 9.40. The number of aryl methyl sites for hydroxylation is 1. The number of benzene rings is 1. The summed E-state index contributed by atoms with van der Waals surface area (Å²) < 4.78 is 7.31. The van der Waals surface area contributed by atoms with Crippen LogP contribution in [-0.4, -0.2) is 42.8 Å². The fourth-order valence-electron chi connectivity index (χ4n) is 3.90. The summed E-state index contributed by atoms with van der Waals surface area (Å²) in [6.07, 6.45) is 6.02. The van der Waals surface area contributed by atoms with Gasteiger partial charge in [-0.1, -0.05) is 12.1 Å². The van der Waals surface area contributed by atoms with Crippen molar-refractivity contribution in [3.63, 3.8) is 0 Å². The zero-order valence-electron chi connectivity index (χ0n) is 16.2. The van der Waals surface area contributed by atoms with Gasteiger partial charge in [0.2, 0.25) is 0 Å². The molecule has 29 heavy (non-hydrogen) atoms. The van der Waals surface area contributed by atoms with E-state index in [0.29, 0.717) is 41.2 Å². The molecule has 0 saturated carbocycles. The molecule has 3 N–H and O–H groups in total. The van der Waals surface area contributed by atoms with Gasteiger partial charge in [0.25, 0.3) is 0 Å². The molecule has 0 bridgehead atoms. The predicted molar refractivity (Wildman–Crippen MR) is 111 cm³/mol. The molecule has 1 aromatic carbocycles. The van der Waals surface area contributed by atoms with Crippen molar-refractivity contribution in [3.8, 4) is 11.4 Å². The lowest BCUT2D eigenvalue weighted by atomic mass is 10.1. The van der Waals surface area contributed by atoms with Gasteiger partial charge in [0.1, 0.15) is 23.4 Å². The summed E-state index contributed by atoms with van der Waals surface area (Å²) in [7, 11) is 0. The van der Waals surface area contributed by atoms with E-state index < -0.39 is 0 Å². The van der Waals surface area contributed by atoms with E-state index in [9.17, 15) is 5.11 Å². The summed E-state index contributed by atoms with van der Waals surface area (Å²) in [5, 5.41) is 11.0. The molecule has 146 valence electrons. The number of nitrogens with two attached hydrogens (primary N) is 1. The first-order valence-electron chi connectivity index (χ1n) is 9.40. The zero-order valence-corrected chi connectivity index (χ0v) is 16.2. The first kappa shape index (κ1) is 17.6. The van der Waals surface area contributed by atoms with Gasteiger partial charge in [-0.15, -0.1) is 0 Å². The van der Waals surface area contributed by atoms with Gasteiger partial charge in [0.05, 0.1) is 36.2 Å². The number of nitrogen functional groups attached to an aromatic ring is 1. The summed E-state index contributed by atoms with van der Waals surface area (Å²) >= 11 is 0. The molecule has 0 fully saturated rings. The lowest BCUT2D eigenvalue weighted by Crippen LogP contribution is -2.06. The quantitative estimate of drug-likeness (QED) is 0.543. The molecule has 0 amide bonds. The van der Waals surface area contributed by atoms with Gasteiger partial charge < -0.3 is 15.6 Å². The third kappa shape index (κ3) is 2.64. The molecule has 8 nitrogen and oxygen atoms in total. The monoisotopic (exact) mass is 388 g/mol. The number of aromatic hydroxyl groups is 1. The largest absolute Gasteiger partial charge is 0.508 e. The van der Waals surface area contributed by atoms with E-state index >= 15 is 0 Å². The van der Waals surface area contributed by atoms with Crippen molar-refractivity contribution in [3.05, 3.63) is 47.6 Å². The van der Waals surface area contributed by atoms with Crippen molar-refractivity contribution in [2.75, 3.05) is 18.9 Å². The van der Waals surface area contributed by atoms with Gasteiger partial charge >= 0.3 is 0 Å². The minimum Gasteiger partial charge on any atom is -0.508 e. The Bertz CT molecular complexity index is 1310. The smallest absolute Gasteiger partial charge is 0.165 e. The highest BCUT2D eigenvalue weighted by Gasteiger charge is 2.22. The molecule has 1 aliphatic heterocycles. The minimum absolute atomic E-state index is 0.208. The van der Waals surface area contributed by atoms with E-state index in [-0.39, 0.29) is 5.75 Å². The van der Waals surface area contributed by atoms with Crippen LogP contribution in [0.4, 0.5) is 5.82 Å². The number of fused-ring (bicyclic) bond motifs is 3. The van der Waals surface area contributed by atoms with Gasteiger partial charge in [-0.3, -0.25) is 4.57 Å². The number of nitrogens with zero attached hydrogens (tertiary/aromatic N) is 5. The van der Waals surface area contributed by atoms with Crippen molar-refractivity contribution in [1.29, 1.82) is 0 Å². The molecule has 8 heteroatoms. The van der Waals surface area contributed by atoms with Crippen LogP contribution < -0.4 is 5.73 Å². The van der Waals surface area contributed by atoms with Crippen molar-refractivity contribution < 1.29 is 9.84 Å². The maximum Gasteiger partial charge on any atom is 0.165 e. The Morgan fingerprint density at radius 3 is 2.79 bits per heavy atom. The summed E-state index contributed by atoms with van der Waals surface area (Å²) in [4.78, 5) is 18.3. The Balaban J connectivity index is 1.89. The van der Waals surface area contributed by atoms with Crippen LogP contribution >= 0.6 is 0 Å². The Labute approximate surface area is 166 Å². The fraction of sp³-hybridized carbons (Fsp3) is 0.238. The van der Waals surface area contributed by atoms with Crippen molar-refractivity contribution in [1.82, 2.24) is 24.5 Å². The van der Waals surface area contributed by atoms with Crippen LogP contribution in [-0.2, 0) is 4.74 Å². The third-order valence-corrected chi connectivity index (χ3v) is 5.39. The summed E-state index contributed by atoms with van der Waals surface area (Å²) in [5.74, 6) is 0.557. The van der Waals surface area contributed by atoms with Crippen LogP contribution in [0.3, 0.4) is 0 Å². The number of ether oxygens (including phenoxy) is 1. The first-order chi connectivity index (χ1) is 14.1. The highest BCUT2D eigenvalue weighted by atomic mass is 16.5. The predicted octanol–water partition coefficient (Wildman–Crippen LogP) is 3.07. The van der Waals surface area contributed by atoms with Crippen molar-refractivity contribution in [2.45, 2.75) is 20.3 Å². The van der Waals surface area contributed by atoms with E-state index in [1.165, 1.54) is 6.33 Å². The Morgan fingerprint density at radius 1 is 1.14 bits per heavy atom. The molecule has 0 radical (unpaired) electrons. The summed E-state index contributed by atoms with van der Waals surface area (Å²) in [5.41, 5.74) is 12.5. The number of hydrogen-bond donors (Lipinski definition) is 2. The third-order valence-electron chi connectivity index (χ3n) is 5.39. The minimum atomic E-state index is 0.208. The Hall–Kier alpha value is -3.52. The average Bonchev–Trinajstić information content (AvgIpc) is 3.07. The van der Waals surface area contributed by atoms with E-state index in [2.05, 4.69) is 9.97 Å². The van der Waals surface area contributed by atoms with E-state index in [1.54, 1.807) is 12.3 Å². The van der Waals surface area contributed by atoms with Gasteiger partial charge in [-0.05, 0) is 37.5 Å². The normalized spacial score (nSPS) is 14.5. The maximum atomic E-state index is 10.3. The molecular formula is C21H20N6O2. The van der Waals surface area contributed by atoms with Gasteiger partial charge in [0, 0.05) is 5.56 Å². The Morgan fingerprint density at radius 2 is 2.00 bits per heavy atom. The van der Waals surface area contributed by atoms with Gasteiger partial charge in [-0.25, -0.2) is 19.9 Å². The molecule has 1 aliphatic rings. The molecule has 0 unspecified atom stereocenters. The topological polar surface area (TPSA) is 112 Å². The zero-order chi connectivity index (χ0) is 20.1. The van der Waals surface area contributed by atoms with Crippen molar-refractivity contribution in [2.24, 2.45) is 0 Å². The summed E-state index contributed by atoms with van der Waals surface area (Å²) in [6.45, 7) is 5.09. The van der Waals surface area contributed by atoms with Crippen LogP contribution in [0.1, 0.15) is 23.2 Å². The molecule has 4 heterocycles. The highest BCUT2D eigenvalue weighted by Crippen LogP contribution is 2.36. The molecule has 4 aromatic rings. The lowest BCUT2D eigenvalue weighted by Gasteiger charge is -2.15. The van der Waals surface area contributed by atoms with Crippen LogP contribution in [0.25, 0.3) is 33.5 Å². The number of phenolic OH excluding ortho intramolecular Hbond substituents is 1. The molecule has 3 aromatic heterocycles. The molecule has 5 rings (SSSR count). The van der Waals surface area contributed by atoms with Crippen LogP contribution in [0.15, 0.2) is 30.7 Å². The number of anilines is 1. The highest BCUT2D eigenvalue weighted by molar-refractivity contribution is 6.09. The summed E-state index contributed by atoms with van der Waals surface area (Å²) in [6, 6.07) is 3.56. The average molecular weight is 388 g/mol. The number of aromatic nitrogens is 5. The number of phenols is 1. The number of hydrogen-bond acceptors (Lipinski definition) is 7. The molecular weight excluding hydrogens is 368 g/mol. The standard InChI is InChI=1S/C21H20N6O2/c1-11-3-4-15(28)12(2)18(11)27-20-16(19(22)24-10-25-20)17-21(27)23-9-14(26-17)13-5-7-29-8-6-13/h3-5,9-10,28H,6-8H2,1-2H3,(H2,22,24,25). The van der Waals surface area contributed by atoms with Crippen LogP contribution in [0.2, 0.25) is 0 Å². The van der Waals surface area contributed by atoms with Crippen molar-refractivity contribution >= 4 is 33.6 Å². The molecule has 0 spiro atoms. The maximum absolute atomic E-state index is 10.3. The van der Waals surface area contributed by atoms with E-state index in [0.717, 1.165) is 34.5 Å². The van der Waals surface area contributed by atoms with Gasteiger partial charge in [-0.2, -0.15) is 0 Å². The molecule has 0 saturated heterocycles. The number of rotatable bonds is 2. The van der Waals surface area contributed by atoms with E-state index in [4.69, 9.17) is 20.4 Å². The van der Waals surface area contributed by atoms with Gasteiger partial charge in [0.15, 0.2) is 11.3 Å². The van der Waals surface area contributed by atoms with Crippen LogP contribution in [0, 0.1) is 13.8 Å². The van der Waals surface area contributed by atoms with E-state index in [1.807, 2.05) is 30.6 Å². The molecule has 0 aliphatic carbocycles.